The number of amides is 1. The fourth-order valence-electron chi connectivity index (χ4n) is 4.86. The number of hydrogen-bond donors (Lipinski definition) is 1. The standard InChI is InChI=1S/C28H28FN3O5/c1-17-13-19-20(31-17)3-4-23(26(19)29)37-22-5-8-30-21-15-25(24(34-2)14-18(21)22)36-16-28(6-7-28)27(33)32-9-11-35-12-10-32/h3-5,8,13-15,31H,6-7,9-12,16H2,1-2H3. The molecule has 1 saturated carbocycles. The maximum Gasteiger partial charge on any atom is 0.232 e. The molecule has 2 aromatic carbocycles. The number of H-pyrrole nitrogens is 1. The number of nitrogens with zero attached hydrogens (tertiary/aromatic N) is 2. The molecule has 1 saturated heterocycles. The Morgan fingerprint density at radius 3 is 2.65 bits per heavy atom. The largest absolute Gasteiger partial charge is 0.493 e. The van der Waals surface area contributed by atoms with E-state index >= 15 is 4.39 Å². The Morgan fingerprint density at radius 2 is 1.89 bits per heavy atom. The zero-order chi connectivity index (χ0) is 25.6. The summed E-state index contributed by atoms with van der Waals surface area (Å²) in [6, 6.07) is 10.4. The highest BCUT2D eigenvalue weighted by Crippen LogP contribution is 2.48. The second-order valence-electron chi connectivity index (χ2n) is 9.70. The Morgan fingerprint density at radius 1 is 1.08 bits per heavy atom. The van der Waals surface area contributed by atoms with Gasteiger partial charge in [-0.05, 0) is 50.1 Å². The molecule has 4 aromatic rings. The van der Waals surface area contributed by atoms with Crippen LogP contribution in [0.4, 0.5) is 4.39 Å². The van der Waals surface area contributed by atoms with Gasteiger partial charge in [-0.1, -0.05) is 0 Å². The van der Waals surface area contributed by atoms with Crippen LogP contribution in [0.25, 0.3) is 21.8 Å². The summed E-state index contributed by atoms with van der Waals surface area (Å²) in [5.41, 5.74) is 1.70. The van der Waals surface area contributed by atoms with Crippen molar-refractivity contribution in [3.05, 3.63) is 54.1 Å². The molecule has 0 atom stereocenters. The number of aromatic amines is 1. The molecule has 8 nitrogen and oxygen atoms in total. The van der Waals surface area contributed by atoms with Gasteiger partial charge in [0, 0.05) is 47.3 Å². The molecule has 9 heteroatoms. The first kappa shape index (κ1) is 23.5. The van der Waals surface area contributed by atoms with Crippen LogP contribution >= 0.6 is 0 Å². The van der Waals surface area contributed by atoms with E-state index < -0.39 is 11.2 Å². The van der Waals surface area contributed by atoms with Gasteiger partial charge < -0.3 is 28.8 Å². The molecule has 0 radical (unpaired) electrons. The predicted molar refractivity (Wildman–Crippen MR) is 136 cm³/mol. The van der Waals surface area contributed by atoms with Crippen LogP contribution in [0.5, 0.6) is 23.0 Å². The Kier molecular flexibility index (Phi) is 5.87. The number of carbonyl (C=O) groups is 1. The third-order valence-electron chi connectivity index (χ3n) is 7.15. The fourth-order valence-corrected chi connectivity index (χ4v) is 4.86. The maximum absolute atomic E-state index is 15.2. The smallest absolute Gasteiger partial charge is 0.232 e. The number of halogens is 1. The van der Waals surface area contributed by atoms with Crippen LogP contribution in [-0.2, 0) is 9.53 Å². The molecule has 192 valence electrons. The minimum absolute atomic E-state index is 0.121. The molecule has 6 rings (SSSR count). The third kappa shape index (κ3) is 4.33. The topological polar surface area (TPSA) is 85.9 Å². The average molecular weight is 506 g/mol. The van der Waals surface area contributed by atoms with Crippen LogP contribution in [0.2, 0.25) is 0 Å². The van der Waals surface area contributed by atoms with Gasteiger partial charge in [-0.15, -0.1) is 0 Å². The second-order valence-corrected chi connectivity index (χ2v) is 9.70. The van der Waals surface area contributed by atoms with Crippen LogP contribution in [-0.4, -0.2) is 60.8 Å². The lowest BCUT2D eigenvalue weighted by Gasteiger charge is -2.30. The predicted octanol–water partition coefficient (Wildman–Crippen LogP) is 4.98. The molecular formula is C28H28FN3O5. The van der Waals surface area contributed by atoms with Gasteiger partial charge in [0.2, 0.25) is 5.91 Å². The molecule has 3 heterocycles. The zero-order valence-electron chi connectivity index (χ0n) is 20.8. The van der Waals surface area contributed by atoms with Crippen molar-refractivity contribution >= 4 is 27.7 Å². The van der Waals surface area contributed by atoms with Gasteiger partial charge in [0.1, 0.15) is 12.4 Å². The molecular weight excluding hydrogens is 477 g/mol. The van der Waals surface area contributed by atoms with E-state index in [9.17, 15) is 4.79 Å². The highest BCUT2D eigenvalue weighted by atomic mass is 19.1. The monoisotopic (exact) mass is 505 g/mol. The first-order valence-electron chi connectivity index (χ1n) is 12.4. The fraction of sp³-hybridized carbons (Fsp3) is 0.357. The SMILES string of the molecule is COc1cc2c(Oc3ccc4[nH]c(C)cc4c3F)ccnc2cc1OCC1(C(=O)N2CCOCC2)CC1. The van der Waals surface area contributed by atoms with E-state index in [2.05, 4.69) is 9.97 Å². The Bertz CT molecular complexity index is 1490. The van der Waals surface area contributed by atoms with E-state index in [1.165, 1.54) is 0 Å². The number of ether oxygens (including phenoxy) is 4. The highest BCUT2D eigenvalue weighted by Gasteiger charge is 2.52. The van der Waals surface area contributed by atoms with Gasteiger partial charge in [-0.25, -0.2) is 4.39 Å². The molecule has 0 spiro atoms. The molecule has 2 aromatic heterocycles. The summed E-state index contributed by atoms with van der Waals surface area (Å²) >= 11 is 0. The lowest BCUT2D eigenvalue weighted by atomic mass is 10.1. The highest BCUT2D eigenvalue weighted by molar-refractivity contribution is 5.89. The summed E-state index contributed by atoms with van der Waals surface area (Å²) < 4.78 is 38.3. The second kappa shape index (κ2) is 9.23. The maximum atomic E-state index is 15.2. The van der Waals surface area contributed by atoms with E-state index in [1.807, 2.05) is 11.8 Å². The number of nitrogens with one attached hydrogen (secondary N) is 1. The van der Waals surface area contributed by atoms with Crippen LogP contribution < -0.4 is 14.2 Å². The quantitative estimate of drug-likeness (QED) is 0.381. The van der Waals surface area contributed by atoms with Crippen molar-refractivity contribution in [1.82, 2.24) is 14.9 Å². The Labute approximate surface area is 213 Å². The van der Waals surface area contributed by atoms with Crippen molar-refractivity contribution in [1.29, 1.82) is 0 Å². The summed E-state index contributed by atoms with van der Waals surface area (Å²) in [5, 5.41) is 1.13. The minimum Gasteiger partial charge on any atom is -0.493 e. The molecule has 37 heavy (non-hydrogen) atoms. The molecule has 2 aliphatic rings. The van der Waals surface area contributed by atoms with Gasteiger partial charge >= 0.3 is 0 Å². The van der Waals surface area contributed by atoms with Crippen molar-refractivity contribution < 1.29 is 28.1 Å². The molecule has 1 aliphatic heterocycles. The number of morpholine rings is 1. The van der Waals surface area contributed by atoms with Crippen molar-refractivity contribution in [2.45, 2.75) is 19.8 Å². The molecule has 1 aliphatic carbocycles. The van der Waals surface area contributed by atoms with Gasteiger partial charge in [0.05, 0.1) is 31.3 Å². The zero-order valence-corrected chi connectivity index (χ0v) is 20.8. The number of hydrogen-bond acceptors (Lipinski definition) is 6. The lowest BCUT2D eigenvalue weighted by Crippen LogP contribution is -2.45. The molecule has 0 bridgehead atoms. The third-order valence-corrected chi connectivity index (χ3v) is 7.15. The van der Waals surface area contributed by atoms with Gasteiger partial charge in [0.15, 0.2) is 23.1 Å². The molecule has 0 unspecified atom stereocenters. The summed E-state index contributed by atoms with van der Waals surface area (Å²) in [5.74, 6) is 1.24. The van der Waals surface area contributed by atoms with Gasteiger partial charge in [0.25, 0.3) is 0 Å². The van der Waals surface area contributed by atoms with E-state index in [-0.39, 0.29) is 18.3 Å². The summed E-state index contributed by atoms with van der Waals surface area (Å²) in [6.07, 6.45) is 3.20. The number of carbonyl (C=O) groups excluding carboxylic acids is 1. The number of pyridine rings is 1. The van der Waals surface area contributed by atoms with Gasteiger partial charge in [-0.2, -0.15) is 0 Å². The number of aryl methyl sites for hydroxylation is 1. The van der Waals surface area contributed by atoms with Crippen molar-refractivity contribution in [2.75, 3.05) is 40.0 Å². The van der Waals surface area contributed by atoms with Gasteiger partial charge in [-0.3, -0.25) is 9.78 Å². The Balaban J connectivity index is 1.26. The summed E-state index contributed by atoms with van der Waals surface area (Å²) in [4.78, 5) is 22.6. The number of rotatable bonds is 7. The number of aromatic nitrogens is 2. The first-order chi connectivity index (χ1) is 18.0. The molecule has 2 fully saturated rings. The van der Waals surface area contributed by atoms with Crippen LogP contribution in [0.1, 0.15) is 18.5 Å². The number of fused-ring (bicyclic) bond motifs is 2. The van der Waals surface area contributed by atoms with Crippen LogP contribution in [0.3, 0.4) is 0 Å². The summed E-state index contributed by atoms with van der Waals surface area (Å²) in [6.45, 7) is 4.52. The normalized spacial score (nSPS) is 16.7. The van der Waals surface area contributed by atoms with E-state index in [0.29, 0.717) is 65.4 Å². The minimum atomic E-state index is -0.498. The van der Waals surface area contributed by atoms with E-state index in [0.717, 1.165) is 18.5 Å². The molecule has 1 amide bonds. The van der Waals surface area contributed by atoms with E-state index in [4.69, 9.17) is 18.9 Å². The van der Waals surface area contributed by atoms with E-state index in [1.54, 1.807) is 49.7 Å². The molecule has 1 N–H and O–H groups in total. The Hall–Kier alpha value is -3.85. The first-order valence-corrected chi connectivity index (χ1v) is 12.4. The number of benzene rings is 2. The lowest BCUT2D eigenvalue weighted by molar-refractivity contribution is -0.142. The summed E-state index contributed by atoms with van der Waals surface area (Å²) in [7, 11) is 1.55. The van der Waals surface area contributed by atoms with Crippen molar-refractivity contribution in [3.63, 3.8) is 0 Å². The average Bonchev–Trinajstić information content (AvgIpc) is 3.62. The number of methoxy groups -OCH3 is 1. The van der Waals surface area contributed by atoms with Crippen LogP contribution in [0.15, 0.2) is 42.6 Å². The van der Waals surface area contributed by atoms with Crippen molar-refractivity contribution in [2.24, 2.45) is 5.41 Å². The van der Waals surface area contributed by atoms with Crippen molar-refractivity contribution in [3.8, 4) is 23.0 Å². The van der Waals surface area contributed by atoms with Crippen LogP contribution in [0, 0.1) is 18.2 Å².